The Kier molecular flexibility index (Phi) is 5.66. The van der Waals surface area contributed by atoms with Crippen LogP contribution in [0.4, 0.5) is 0 Å². The summed E-state index contributed by atoms with van der Waals surface area (Å²) >= 11 is 0. The fraction of sp³-hybridized carbons (Fsp3) is 0.190. The first-order valence-electron chi connectivity index (χ1n) is 8.76. The molecule has 0 bridgehead atoms. The van der Waals surface area contributed by atoms with Crippen molar-refractivity contribution in [1.82, 2.24) is 15.0 Å². The predicted octanol–water partition coefficient (Wildman–Crippen LogP) is 3.65. The van der Waals surface area contributed by atoms with Gasteiger partial charge in [0.1, 0.15) is 11.4 Å². The Morgan fingerprint density at radius 1 is 1.22 bits per heavy atom. The zero-order chi connectivity index (χ0) is 19.2. The van der Waals surface area contributed by atoms with Crippen molar-refractivity contribution in [3.63, 3.8) is 0 Å². The Morgan fingerprint density at radius 2 is 2.00 bits per heavy atom. The number of carbonyl (C=O) groups excluding carboxylic acids is 1. The fourth-order valence-electron chi connectivity index (χ4n) is 2.89. The van der Waals surface area contributed by atoms with Crippen LogP contribution < -0.4 is 10.2 Å². The van der Waals surface area contributed by atoms with E-state index in [0.29, 0.717) is 12.3 Å². The van der Waals surface area contributed by atoms with Crippen molar-refractivity contribution in [3.8, 4) is 11.4 Å². The minimum Gasteiger partial charge on any atom is -0.494 e. The molecule has 1 aromatic carbocycles. The van der Waals surface area contributed by atoms with E-state index < -0.39 is 0 Å². The van der Waals surface area contributed by atoms with Crippen LogP contribution in [0.25, 0.3) is 5.69 Å². The van der Waals surface area contributed by atoms with E-state index in [1.807, 2.05) is 51.1 Å². The maximum Gasteiger partial charge on any atom is 0.289 e. The van der Waals surface area contributed by atoms with E-state index in [0.717, 1.165) is 28.4 Å². The van der Waals surface area contributed by atoms with Crippen molar-refractivity contribution in [2.45, 2.75) is 20.8 Å². The average molecular weight is 362 g/mol. The number of nitrogens with zero attached hydrogens (tertiary/aromatic N) is 3. The van der Waals surface area contributed by atoms with E-state index in [4.69, 9.17) is 4.74 Å². The Hall–Kier alpha value is -3.41. The van der Waals surface area contributed by atoms with Crippen LogP contribution in [-0.4, -0.2) is 28.3 Å². The van der Waals surface area contributed by atoms with Crippen LogP contribution in [0.15, 0.2) is 59.8 Å². The van der Waals surface area contributed by atoms with Crippen LogP contribution in [0, 0.1) is 13.8 Å². The maximum atomic E-state index is 12.0. The van der Waals surface area contributed by atoms with E-state index in [9.17, 15) is 4.79 Å². The summed E-state index contributed by atoms with van der Waals surface area (Å²) in [4.78, 5) is 16.0. The first-order chi connectivity index (χ1) is 13.1. The molecule has 0 radical (unpaired) electrons. The molecule has 3 aromatic rings. The quantitative estimate of drug-likeness (QED) is 0.537. The molecule has 138 valence electrons. The summed E-state index contributed by atoms with van der Waals surface area (Å²) in [6, 6.07) is 15.2. The number of aryl methyl sites for hydroxylation is 1. The highest BCUT2D eigenvalue weighted by atomic mass is 16.5. The van der Waals surface area contributed by atoms with E-state index in [2.05, 4.69) is 20.1 Å². The van der Waals surface area contributed by atoms with Gasteiger partial charge in [-0.3, -0.25) is 9.78 Å². The van der Waals surface area contributed by atoms with E-state index in [1.54, 1.807) is 30.6 Å². The molecular formula is C21H22N4O2. The molecule has 2 heterocycles. The van der Waals surface area contributed by atoms with Gasteiger partial charge in [0.2, 0.25) is 0 Å². The number of ether oxygens (including phenoxy) is 1. The number of aromatic nitrogens is 2. The summed E-state index contributed by atoms with van der Waals surface area (Å²) in [6.07, 6.45) is 3.22. The van der Waals surface area contributed by atoms with Crippen LogP contribution in [-0.2, 0) is 0 Å². The van der Waals surface area contributed by atoms with Gasteiger partial charge < -0.3 is 9.30 Å². The molecule has 0 aliphatic rings. The van der Waals surface area contributed by atoms with Gasteiger partial charge in [0.25, 0.3) is 5.91 Å². The Labute approximate surface area is 158 Å². The van der Waals surface area contributed by atoms with Crippen LogP contribution in [0.1, 0.15) is 34.4 Å². The molecule has 0 saturated carbocycles. The number of amides is 1. The standard InChI is InChI=1S/C21H22N4O2/c1-4-27-19-10-8-18(9-11-19)25-15(2)13-17(16(25)3)14-23-24-21(26)20-7-5-6-12-22-20/h5-14H,4H2,1-3H3,(H,24,26)/b23-14-. The van der Waals surface area contributed by atoms with Gasteiger partial charge >= 0.3 is 0 Å². The molecule has 27 heavy (non-hydrogen) atoms. The van der Waals surface area contributed by atoms with Gasteiger partial charge in [-0.05, 0) is 63.2 Å². The van der Waals surface area contributed by atoms with Gasteiger partial charge in [0.05, 0.1) is 12.8 Å². The number of rotatable bonds is 6. The van der Waals surface area contributed by atoms with Crippen LogP contribution in [0.5, 0.6) is 5.75 Å². The molecule has 0 fully saturated rings. The van der Waals surface area contributed by atoms with Crippen molar-refractivity contribution in [3.05, 3.63) is 77.4 Å². The smallest absolute Gasteiger partial charge is 0.289 e. The molecule has 0 saturated heterocycles. The molecule has 2 aromatic heterocycles. The van der Waals surface area contributed by atoms with Gasteiger partial charge in [-0.15, -0.1) is 0 Å². The zero-order valence-corrected chi connectivity index (χ0v) is 15.6. The summed E-state index contributed by atoms with van der Waals surface area (Å²) < 4.78 is 7.64. The molecule has 0 atom stereocenters. The lowest BCUT2D eigenvalue weighted by molar-refractivity contribution is 0.0950. The maximum absolute atomic E-state index is 12.0. The number of pyridine rings is 1. The molecule has 0 aliphatic heterocycles. The highest BCUT2D eigenvalue weighted by molar-refractivity contribution is 5.93. The summed E-state index contributed by atoms with van der Waals surface area (Å²) in [5, 5.41) is 4.07. The van der Waals surface area contributed by atoms with Gasteiger partial charge in [0, 0.05) is 28.8 Å². The molecule has 1 amide bonds. The lowest BCUT2D eigenvalue weighted by Crippen LogP contribution is -2.18. The number of hydrazone groups is 1. The second-order valence-corrected chi connectivity index (χ2v) is 6.00. The summed E-state index contributed by atoms with van der Waals surface area (Å²) in [5.74, 6) is 0.509. The number of hydrogen-bond donors (Lipinski definition) is 1. The van der Waals surface area contributed by atoms with Gasteiger partial charge in [-0.2, -0.15) is 5.10 Å². The molecule has 6 heteroatoms. The van der Waals surface area contributed by atoms with Crippen molar-refractivity contribution in [2.24, 2.45) is 5.10 Å². The normalized spacial score (nSPS) is 10.9. The zero-order valence-electron chi connectivity index (χ0n) is 15.6. The third kappa shape index (κ3) is 4.23. The number of carbonyl (C=O) groups is 1. The molecule has 0 aliphatic carbocycles. The van der Waals surface area contributed by atoms with Crippen molar-refractivity contribution in [2.75, 3.05) is 6.61 Å². The second-order valence-electron chi connectivity index (χ2n) is 6.00. The first kappa shape index (κ1) is 18.4. The number of nitrogens with one attached hydrogen (secondary N) is 1. The van der Waals surface area contributed by atoms with E-state index in [1.165, 1.54) is 0 Å². The summed E-state index contributed by atoms with van der Waals surface area (Å²) in [6.45, 7) is 6.66. The van der Waals surface area contributed by atoms with Crippen molar-refractivity contribution >= 4 is 12.1 Å². The van der Waals surface area contributed by atoms with Gasteiger partial charge in [-0.25, -0.2) is 5.43 Å². The third-order valence-corrected chi connectivity index (χ3v) is 4.14. The molecular weight excluding hydrogens is 340 g/mol. The van der Waals surface area contributed by atoms with Gasteiger partial charge in [-0.1, -0.05) is 6.07 Å². The number of hydrogen-bond acceptors (Lipinski definition) is 4. The SMILES string of the molecule is CCOc1ccc(-n2c(C)cc(/C=N\NC(=O)c3ccccn3)c2C)cc1. The lowest BCUT2D eigenvalue weighted by Gasteiger charge is -2.10. The van der Waals surface area contributed by atoms with Crippen LogP contribution in [0.3, 0.4) is 0 Å². The summed E-state index contributed by atoms with van der Waals surface area (Å²) in [7, 11) is 0. The van der Waals surface area contributed by atoms with Gasteiger partial charge in [0.15, 0.2) is 0 Å². The largest absolute Gasteiger partial charge is 0.494 e. The van der Waals surface area contributed by atoms with Crippen LogP contribution >= 0.6 is 0 Å². The molecule has 6 nitrogen and oxygen atoms in total. The van der Waals surface area contributed by atoms with Crippen LogP contribution in [0.2, 0.25) is 0 Å². The fourth-order valence-corrected chi connectivity index (χ4v) is 2.89. The first-order valence-corrected chi connectivity index (χ1v) is 8.76. The lowest BCUT2D eigenvalue weighted by atomic mass is 10.2. The molecule has 1 N–H and O–H groups in total. The Morgan fingerprint density at radius 3 is 2.67 bits per heavy atom. The van der Waals surface area contributed by atoms with E-state index in [-0.39, 0.29) is 5.91 Å². The van der Waals surface area contributed by atoms with Crippen molar-refractivity contribution in [1.29, 1.82) is 0 Å². The number of benzene rings is 1. The average Bonchev–Trinajstić information content (AvgIpc) is 2.97. The minimum absolute atomic E-state index is 0.328. The molecule has 3 rings (SSSR count). The second kappa shape index (κ2) is 8.31. The Bertz CT molecular complexity index is 944. The third-order valence-electron chi connectivity index (χ3n) is 4.14. The van der Waals surface area contributed by atoms with E-state index >= 15 is 0 Å². The minimum atomic E-state index is -0.341. The molecule has 0 spiro atoms. The predicted molar refractivity (Wildman–Crippen MR) is 106 cm³/mol. The highest BCUT2D eigenvalue weighted by Gasteiger charge is 2.10. The Balaban J connectivity index is 1.76. The topological polar surface area (TPSA) is 68.5 Å². The highest BCUT2D eigenvalue weighted by Crippen LogP contribution is 2.22. The van der Waals surface area contributed by atoms with Crippen molar-refractivity contribution < 1.29 is 9.53 Å². The molecule has 0 unspecified atom stereocenters. The summed E-state index contributed by atoms with van der Waals surface area (Å²) in [5.41, 5.74) is 6.93. The monoisotopic (exact) mass is 362 g/mol.